The number of carbonyl (C=O) groups is 1. The standard InChI is InChI=1S/C14H21ClN2O2/c1-14(2,3)7-12(18)8-17-13(19)9-4-10(15)6-11(16)5-9/h4-6,12,18H,7-8,16H2,1-3H3,(H,17,19). The molecule has 1 atom stereocenters. The normalized spacial score (nSPS) is 13.1. The maximum absolute atomic E-state index is 11.9. The number of aliphatic hydroxyl groups is 1. The zero-order valence-corrected chi connectivity index (χ0v) is 12.3. The molecule has 1 amide bonds. The van der Waals surface area contributed by atoms with Crippen LogP contribution in [0.4, 0.5) is 5.69 Å². The van der Waals surface area contributed by atoms with Crippen molar-refractivity contribution in [3.05, 3.63) is 28.8 Å². The predicted octanol–water partition coefficient (Wildman–Crippen LogP) is 2.45. The molecule has 0 bridgehead atoms. The number of anilines is 1. The van der Waals surface area contributed by atoms with Gasteiger partial charge in [-0.3, -0.25) is 4.79 Å². The number of rotatable bonds is 4. The summed E-state index contributed by atoms with van der Waals surface area (Å²) in [6, 6.07) is 4.67. The second kappa shape index (κ2) is 6.26. The molecule has 0 spiro atoms. The summed E-state index contributed by atoms with van der Waals surface area (Å²) in [6.45, 7) is 6.32. The maximum atomic E-state index is 11.9. The van der Waals surface area contributed by atoms with Gasteiger partial charge in [0.05, 0.1) is 6.10 Å². The fourth-order valence-electron chi connectivity index (χ4n) is 1.84. The molecule has 0 saturated carbocycles. The van der Waals surface area contributed by atoms with Crippen molar-refractivity contribution in [1.82, 2.24) is 5.32 Å². The zero-order valence-electron chi connectivity index (χ0n) is 11.5. The number of hydrogen-bond donors (Lipinski definition) is 3. The number of nitrogen functional groups attached to an aromatic ring is 1. The van der Waals surface area contributed by atoms with E-state index in [2.05, 4.69) is 5.32 Å². The fourth-order valence-corrected chi connectivity index (χ4v) is 2.08. The Balaban J connectivity index is 2.56. The number of nitrogens with one attached hydrogen (secondary N) is 1. The Labute approximate surface area is 118 Å². The van der Waals surface area contributed by atoms with Crippen LogP contribution in [-0.4, -0.2) is 23.7 Å². The number of carbonyl (C=O) groups excluding carboxylic acids is 1. The molecule has 19 heavy (non-hydrogen) atoms. The third-order valence-corrected chi connectivity index (χ3v) is 2.75. The summed E-state index contributed by atoms with van der Waals surface area (Å²) >= 11 is 5.83. The summed E-state index contributed by atoms with van der Waals surface area (Å²) < 4.78 is 0. The number of aliphatic hydroxyl groups excluding tert-OH is 1. The van der Waals surface area contributed by atoms with Crippen LogP contribution >= 0.6 is 11.6 Å². The van der Waals surface area contributed by atoms with Gasteiger partial charge in [-0.15, -0.1) is 0 Å². The molecule has 1 aromatic carbocycles. The van der Waals surface area contributed by atoms with Crippen LogP contribution in [0.3, 0.4) is 0 Å². The summed E-state index contributed by atoms with van der Waals surface area (Å²) in [5.41, 5.74) is 6.48. The Morgan fingerprint density at radius 3 is 2.58 bits per heavy atom. The molecule has 0 heterocycles. The first kappa shape index (κ1) is 15.8. The largest absolute Gasteiger partial charge is 0.399 e. The van der Waals surface area contributed by atoms with Gasteiger partial charge in [-0.05, 0) is 30.0 Å². The van der Waals surface area contributed by atoms with Crippen LogP contribution in [0.2, 0.25) is 5.02 Å². The van der Waals surface area contributed by atoms with Crippen LogP contribution in [0.15, 0.2) is 18.2 Å². The Hall–Kier alpha value is -1.26. The SMILES string of the molecule is CC(C)(C)CC(O)CNC(=O)c1cc(N)cc(Cl)c1. The second-order valence-electron chi connectivity index (χ2n) is 5.90. The molecule has 4 N–H and O–H groups in total. The van der Waals surface area contributed by atoms with Crippen molar-refractivity contribution in [2.45, 2.75) is 33.3 Å². The monoisotopic (exact) mass is 284 g/mol. The lowest BCUT2D eigenvalue weighted by Crippen LogP contribution is -2.34. The number of amides is 1. The highest BCUT2D eigenvalue weighted by atomic mass is 35.5. The zero-order chi connectivity index (χ0) is 14.6. The maximum Gasteiger partial charge on any atom is 0.251 e. The number of halogens is 1. The van der Waals surface area contributed by atoms with E-state index in [-0.39, 0.29) is 17.9 Å². The van der Waals surface area contributed by atoms with Gasteiger partial charge in [-0.1, -0.05) is 32.4 Å². The third-order valence-electron chi connectivity index (χ3n) is 2.53. The first-order valence-corrected chi connectivity index (χ1v) is 6.57. The van der Waals surface area contributed by atoms with Gasteiger partial charge in [0.25, 0.3) is 5.91 Å². The van der Waals surface area contributed by atoms with E-state index >= 15 is 0 Å². The lowest BCUT2D eigenvalue weighted by Gasteiger charge is -2.22. The van der Waals surface area contributed by atoms with E-state index in [0.29, 0.717) is 22.7 Å². The quantitative estimate of drug-likeness (QED) is 0.744. The van der Waals surface area contributed by atoms with Crippen molar-refractivity contribution < 1.29 is 9.90 Å². The van der Waals surface area contributed by atoms with Gasteiger partial charge in [-0.2, -0.15) is 0 Å². The molecule has 0 aliphatic carbocycles. The van der Waals surface area contributed by atoms with E-state index in [9.17, 15) is 9.90 Å². The van der Waals surface area contributed by atoms with Crippen LogP contribution in [0, 0.1) is 5.41 Å². The molecule has 106 valence electrons. The minimum absolute atomic E-state index is 0.0185. The molecular weight excluding hydrogens is 264 g/mol. The fraction of sp³-hybridized carbons (Fsp3) is 0.500. The van der Waals surface area contributed by atoms with Crippen LogP contribution in [0.1, 0.15) is 37.6 Å². The number of nitrogens with two attached hydrogens (primary N) is 1. The molecule has 0 radical (unpaired) electrons. The molecule has 1 unspecified atom stereocenters. The van der Waals surface area contributed by atoms with E-state index in [1.54, 1.807) is 18.2 Å². The summed E-state index contributed by atoms with van der Waals surface area (Å²) in [6.07, 6.45) is 0.0470. The van der Waals surface area contributed by atoms with Gasteiger partial charge in [-0.25, -0.2) is 0 Å². The molecule has 4 nitrogen and oxygen atoms in total. The average molecular weight is 285 g/mol. The molecule has 0 aliphatic heterocycles. The molecule has 0 aromatic heterocycles. The van der Waals surface area contributed by atoms with Crippen molar-refractivity contribution in [3.63, 3.8) is 0 Å². The molecular formula is C14H21ClN2O2. The van der Waals surface area contributed by atoms with E-state index in [1.165, 1.54) is 0 Å². The number of hydrogen-bond acceptors (Lipinski definition) is 3. The van der Waals surface area contributed by atoms with E-state index < -0.39 is 6.10 Å². The van der Waals surface area contributed by atoms with E-state index in [4.69, 9.17) is 17.3 Å². The average Bonchev–Trinajstić information content (AvgIpc) is 2.22. The lowest BCUT2D eigenvalue weighted by atomic mass is 9.89. The van der Waals surface area contributed by atoms with Gasteiger partial charge < -0.3 is 16.2 Å². The smallest absolute Gasteiger partial charge is 0.251 e. The van der Waals surface area contributed by atoms with Gasteiger partial charge >= 0.3 is 0 Å². The summed E-state index contributed by atoms with van der Waals surface area (Å²) in [7, 11) is 0. The van der Waals surface area contributed by atoms with Crippen LogP contribution in [0.5, 0.6) is 0 Å². The van der Waals surface area contributed by atoms with E-state index in [0.717, 1.165) is 0 Å². The summed E-state index contributed by atoms with van der Waals surface area (Å²) in [5, 5.41) is 12.9. The molecule has 0 fully saturated rings. The molecule has 0 aliphatic rings. The second-order valence-corrected chi connectivity index (χ2v) is 6.34. The predicted molar refractivity (Wildman–Crippen MR) is 78.3 cm³/mol. The molecule has 0 saturated heterocycles. The summed E-state index contributed by atoms with van der Waals surface area (Å²) in [4.78, 5) is 11.9. The molecule has 5 heteroatoms. The van der Waals surface area contributed by atoms with Gasteiger partial charge in [0, 0.05) is 22.8 Å². The minimum Gasteiger partial charge on any atom is -0.399 e. The van der Waals surface area contributed by atoms with Crippen LogP contribution < -0.4 is 11.1 Å². The van der Waals surface area contributed by atoms with Gasteiger partial charge in [0.2, 0.25) is 0 Å². The Kier molecular flexibility index (Phi) is 5.20. The Morgan fingerprint density at radius 2 is 2.05 bits per heavy atom. The minimum atomic E-state index is -0.569. The van der Waals surface area contributed by atoms with Crippen molar-refractivity contribution >= 4 is 23.2 Å². The van der Waals surface area contributed by atoms with Crippen LogP contribution in [-0.2, 0) is 0 Å². The van der Waals surface area contributed by atoms with Crippen molar-refractivity contribution in [2.24, 2.45) is 5.41 Å². The first-order chi connectivity index (χ1) is 8.67. The molecule has 1 aromatic rings. The lowest BCUT2D eigenvalue weighted by molar-refractivity contribution is 0.0868. The topological polar surface area (TPSA) is 75.3 Å². The van der Waals surface area contributed by atoms with Crippen molar-refractivity contribution in [3.8, 4) is 0 Å². The first-order valence-electron chi connectivity index (χ1n) is 6.20. The Morgan fingerprint density at radius 1 is 1.42 bits per heavy atom. The van der Waals surface area contributed by atoms with Gasteiger partial charge in [0.15, 0.2) is 0 Å². The highest BCUT2D eigenvalue weighted by molar-refractivity contribution is 6.31. The number of benzene rings is 1. The van der Waals surface area contributed by atoms with Gasteiger partial charge in [0.1, 0.15) is 0 Å². The highest BCUT2D eigenvalue weighted by Gasteiger charge is 2.17. The molecule has 1 rings (SSSR count). The van der Waals surface area contributed by atoms with Crippen molar-refractivity contribution in [2.75, 3.05) is 12.3 Å². The third kappa shape index (κ3) is 5.94. The summed E-state index contributed by atoms with van der Waals surface area (Å²) in [5.74, 6) is -0.290. The Bertz CT molecular complexity index is 435. The van der Waals surface area contributed by atoms with Crippen molar-refractivity contribution in [1.29, 1.82) is 0 Å². The van der Waals surface area contributed by atoms with E-state index in [1.807, 2.05) is 20.8 Å². The highest BCUT2D eigenvalue weighted by Crippen LogP contribution is 2.20. The van der Waals surface area contributed by atoms with Crippen LogP contribution in [0.25, 0.3) is 0 Å².